The Kier molecular flexibility index (Phi) is 12.0. The Balaban J connectivity index is 1.43. The van der Waals surface area contributed by atoms with Gasteiger partial charge in [-0.15, -0.1) is 0 Å². The molecule has 6 nitrogen and oxygen atoms in total. The summed E-state index contributed by atoms with van der Waals surface area (Å²) in [5.41, 5.74) is 5.88. The molecule has 1 atom stereocenters. The number of hydrogen-bond acceptors (Lipinski definition) is 4. The minimum Gasteiger partial charge on any atom is -0.389 e. The Bertz CT molecular complexity index is 1390. The van der Waals surface area contributed by atoms with E-state index in [-0.39, 0.29) is 24.5 Å². The predicted octanol–water partition coefficient (Wildman–Crippen LogP) is 6.72. The second kappa shape index (κ2) is 15.9. The van der Waals surface area contributed by atoms with Gasteiger partial charge in [0, 0.05) is 36.7 Å². The van der Waals surface area contributed by atoms with Gasteiger partial charge in [-0.05, 0) is 53.1 Å². The maximum atomic E-state index is 13.9. The van der Waals surface area contributed by atoms with Gasteiger partial charge in [-0.1, -0.05) is 107 Å². The highest BCUT2D eigenvalue weighted by molar-refractivity contribution is 5.83. The molecule has 0 spiro atoms. The van der Waals surface area contributed by atoms with Crippen LogP contribution in [0.25, 0.3) is 10.9 Å². The van der Waals surface area contributed by atoms with Gasteiger partial charge in [0.15, 0.2) is 0 Å². The molecular weight excluding hydrogens is 534 g/mol. The first-order valence-corrected chi connectivity index (χ1v) is 15.7. The average molecular weight is 584 g/mol. The number of aromatic nitrogens is 1. The summed E-state index contributed by atoms with van der Waals surface area (Å²) in [5.74, 6) is 0.0771. The maximum Gasteiger partial charge on any atom is 0.237 e. The van der Waals surface area contributed by atoms with E-state index >= 15 is 0 Å². The quantitative estimate of drug-likeness (QED) is 0.154. The van der Waals surface area contributed by atoms with Gasteiger partial charge in [-0.25, -0.2) is 0 Å². The second-order valence-corrected chi connectivity index (χ2v) is 12.6. The number of carbonyl (C=O) groups is 1. The molecule has 0 aliphatic carbocycles. The van der Waals surface area contributed by atoms with Gasteiger partial charge >= 0.3 is 0 Å². The number of fused-ring (bicyclic) bond motifs is 1. The van der Waals surface area contributed by atoms with Crippen molar-refractivity contribution in [2.45, 2.75) is 71.6 Å². The van der Waals surface area contributed by atoms with Crippen LogP contribution in [-0.2, 0) is 34.5 Å². The molecule has 0 aliphatic heterocycles. The number of nitrogens with one attached hydrogen (secondary N) is 1. The van der Waals surface area contributed by atoms with Crippen LogP contribution in [0.15, 0.2) is 85.1 Å². The van der Waals surface area contributed by atoms with Gasteiger partial charge in [0.1, 0.15) is 0 Å². The standard InChI is InChI=1S/C37H49N3O3/c1-5-6-21-39(25-33(41)28-43-27-30-12-8-7-9-13-30)26-36(42)40(24-29-16-18-32(19-17-29)37(2,3)4)22-20-31-23-38-35-15-11-10-14-34(31)35/h7-19,23,33,38,41H,5-6,20-22,24-28H2,1-4H3/t33-/m0/s1. The number of ether oxygens (including phenoxy) is 1. The highest BCUT2D eigenvalue weighted by Crippen LogP contribution is 2.23. The SMILES string of the molecule is CCCCN(CC(=O)N(CCc1c[nH]c2ccccc12)Cc1ccc(C(C)(C)C)cc1)C[C@H](O)COCc1ccccc1. The fraction of sp³-hybridized carbons (Fsp3) is 0.432. The number of aliphatic hydroxyl groups excluding tert-OH is 1. The molecule has 0 bridgehead atoms. The number of benzene rings is 3. The van der Waals surface area contributed by atoms with Gasteiger partial charge in [0.2, 0.25) is 5.91 Å². The predicted molar refractivity (Wildman–Crippen MR) is 176 cm³/mol. The van der Waals surface area contributed by atoms with Crippen LogP contribution in [0.4, 0.5) is 0 Å². The van der Waals surface area contributed by atoms with E-state index in [2.05, 4.69) is 86.2 Å². The monoisotopic (exact) mass is 583 g/mol. The van der Waals surface area contributed by atoms with Crippen LogP contribution < -0.4 is 0 Å². The summed E-state index contributed by atoms with van der Waals surface area (Å²) in [7, 11) is 0. The number of nitrogens with zero attached hydrogens (tertiary/aromatic N) is 2. The maximum absolute atomic E-state index is 13.9. The number of H-pyrrole nitrogens is 1. The third kappa shape index (κ3) is 10.1. The van der Waals surface area contributed by atoms with E-state index in [0.29, 0.717) is 26.2 Å². The number of aliphatic hydroxyl groups is 1. The molecule has 1 aromatic heterocycles. The lowest BCUT2D eigenvalue weighted by Crippen LogP contribution is -2.44. The Morgan fingerprint density at radius 1 is 0.930 bits per heavy atom. The van der Waals surface area contributed by atoms with Crippen LogP contribution >= 0.6 is 0 Å². The molecule has 4 rings (SSSR count). The fourth-order valence-corrected chi connectivity index (χ4v) is 5.36. The van der Waals surface area contributed by atoms with Crippen molar-refractivity contribution in [1.29, 1.82) is 0 Å². The molecule has 0 unspecified atom stereocenters. The van der Waals surface area contributed by atoms with Crippen molar-refractivity contribution in [1.82, 2.24) is 14.8 Å². The molecule has 1 heterocycles. The topological polar surface area (TPSA) is 68.8 Å². The van der Waals surface area contributed by atoms with E-state index in [1.165, 1.54) is 16.5 Å². The smallest absolute Gasteiger partial charge is 0.237 e. The highest BCUT2D eigenvalue weighted by Gasteiger charge is 2.21. The average Bonchev–Trinajstić information content (AvgIpc) is 3.41. The summed E-state index contributed by atoms with van der Waals surface area (Å²) in [6.45, 7) is 12.1. The molecule has 230 valence electrons. The van der Waals surface area contributed by atoms with Crippen LogP contribution in [0.2, 0.25) is 0 Å². The molecule has 0 aliphatic rings. The Morgan fingerprint density at radius 2 is 1.65 bits per heavy atom. The molecule has 0 fully saturated rings. The van der Waals surface area contributed by atoms with Crippen molar-refractivity contribution in [2.24, 2.45) is 0 Å². The lowest BCUT2D eigenvalue weighted by atomic mass is 9.87. The van der Waals surface area contributed by atoms with Crippen LogP contribution in [0.5, 0.6) is 0 Å². The molecule has 6 heteroatoms. The van der Waals surface area contributed by atoms with E-state index in [4.69, 9.17) is 4.74 Å². The molecule has 1 amide bonds. The lowest BCUT2D eigenvalue weighted by molar-refractivity contribution is -0.133. The molecule has 4 aromatic rings. The van der Waals surface area contributed by atoms with E-state index < -0.39 is 6.10 Å². The van der Waals surface area contributed by atoms with E-state index in [1.807, 2.05) is 41.3 Å². The van der Waals surface area contributed by atoms with Gasteiger partial charge in [0.05, 0.1) is 25.9 Å². The van der Waals surface area contributed by atoms with Crippen LogP contribution in [0.1, 0.15) is 62.8 Å². The first kappa shape index (κ1) is 32.5. The Labute approximate surface area is 257 Å². The van der Waals surface area contributed by atoms with E-state index in [1.54, 1.807) is 0 Å². The number of carbonyl (C=O) groups excluding carboxylic acids is 1. The number of unbranched alkanes of at least 4 members (excludes halogenated alkanes) is 1. The van der Waals surface area contributed by atoms with Crippen molar-refractivity contribution >= 4 is 16.8 Å². The number of amides is 1. The molecule has 0 saturated carbocycles. The third-order valence-corrected chi connectivity index (χ3v) is 7.95. The highest BCUT2D eigenvalue weighted by atomic mass is 16.5. The zero-order valence-electron chi connectivity index (χ0n) is 26.4. The summed E-state index contributed by atoms with van der Waals surface area (Å²) >= 11 is 0. The van der Waals surface area contributed by atoms with Gasteiger partial charge in [0.25, 0.3) is 0 Å². The van der Waals surface area contributed by atoms with E-state index in [9.17, 15) is 9.90 Å². The zero-order chi connectivity index (χ0) is 30.7. The third-order valence-electron chi connectivity index (χ3n) is 7.95. The number of aromatic amines is 1. The first-order valence-electron chi connectivity index (χ1n) is 15.7. The fourth-order valence-electron chi connectivity index (χ4n) is 5.36. The van der Waals surface area contributed by atoms with Crippen molar-refractivity contribution < 1.29 is 14.6 Å². The van der Waals surface area contributed by atoms with Crippen LogP contribution in [0, 0.1) is 0 Å². The Hall–Kier alpha value is -3.45. The summed E-state index contributed by atoms with van der Waals surface area (Å²) < 4.78 is 5.79. The minimum atomic E-state index is -0.669. The van der Waals surface area contributed by atoms with Gasteiger partial charge in [-0.3, -0.25) is 9.69 Å². The molecule has 3 aromatic carbocycles. The summed E-state index contributed by atoms with van der Waals surface area (Å²) in [4.78, 5) is 21.3. The largest absolute Gasteiger partial charge is 0.389 e. The van der Waals surface area contributed by atoms with Crippen molar-refractivity contribution in [3.8, 4) is 0 Å². The molecular formula is C37H49N3O3. The number of hydrogen-bond donors (Lipinski definition) is 2. The van der Waals surface area contributed by atoms with Crippen molar-refractivity contribution in [3.63, 3.8) is 0 Å². The summed E-state index contributed by atoms with van der Waals surface area (Å²) in [6.07, 6.45) is 4.15. The molecule has 43 heavy (non-hydrogen) atoms. The first-order chi connectivity index (χ1) is 20.7. The van der Waals surface area contributed by atoms with Crippen LogP contribution in [0.3, 0.4) is 0 Å². The zero-order valence-corrected chi connectivity index (χ0v) is 26.4. The minimum absolute atomic E-state index is 0.0771. The number of rotatable bonds is 16. The van der Waals surface area contributed by atoms with Gasteiger partial charge in [-0.2, -0.15) is 0 Å². The normalized spacial score (nSPS) is 12.6. The summed E-state index contributed by atoms with van der Waals surface area (Å²) in [6, 6.07) is 26.9. The van der Waals surface area contributed by atoms with Crippen LogP contribution in [-0.4, -0.2) is 64.7 Å². The van der Waals surface area contributed by atoms with E-state index in [0.717, 1.165) is 42.5 Å². The summed E-state index contributed by atoms with van der Waals surface area (Å²) in [5, 5.41) is 12.0. The van der Waals surface area contributed by atoms with Crippen molar-refractivity contribution in [2.75, 3.05) is 32.8 Å². The van der Waals surface area contributed by atoms with Crippen molar-refractivity contribution in [3.05, 3.63) is 107 Å². The molecule has 0 radical (unpaired) electrons. The van der Waals surface area contributed by atoms with Gasteiger partial charge < -0.3 is 19.7 Å². The second-order valence-electron chi connectivity index (χ2n) is 12.6. The number of para-hydroxylation sites is 1. The lowest BCUT2D eigenvalue weighted by Gasteiger charge is -2.29. The molecule has 2 N–H and O–H groups in total. The molecule has 0 saturated heterocycles. The Morgan fingerprint density at radius 3 is 2.37 bits per heavy atom.